The van der Waals surface area contributed by atoms with Crippen molar-refractivity contribution in [3.63, 3.8) is 0 Å². The third-order valence-corrected chi connectivity index (χ3v) is 6.72. The second kappa shape index (κ2) is 9.52. The number of hydrogen-bond donors (Lipinski definition) is 2. The molecule has 0 bridgehead atoms. The van der Waals surface area contributed by atoms with E-state index < -0.39 is 0 Å². The number of carbonyl (C=O) groups is 1. The number of nitrogens with zero attached hydrogens (tertiary/aromatic N) is 2. The molecule has 0 radical (unpaired) electrons. The highest BCUT2D eigenvalue weighted by atomic mass is 16.2. The van der Waals surface area contributed by atoms with Crippen LogP contribution in [0.3, 0.4) is 0 Å². The van der Waals surface area contributed by atoms with Gasteiger partial charge in [-0.05, 0) is 57.5 Å². The number of likely N-dealkylation sites (tertiary alicyclic amines) is 2. The van der Waals surface area contributed by atoms with Crippen LogP contribution in [0.5, 0.6) is 0 Å². The number of rotatable bonds is 5. The van der Waals surface area contributed by atoms with Crippen LogP contribution in [0.4, 0.5) is 0 Å². The van der Waals surface area contributed by atoms with Crippen molar-refractivity contribution in [1.29, 1.82) is 0 Å². The first-order chi connectivity index (χ1) is 12.5. The fraction of sp³-hybridized carbons (Fsp3) is 0.952. The molecule has 3 fully saturated rings. The Kier molecular flexibility index (Phi) is 7.35. The third-order valence-electron chi connectivity index (χ3n) is 6.72. The second-order valence-corrected chi connectivity index (χ2v) is 9.24. The predicted octanol–water partition coefficient (Wildman–Crippen LogP) is 2.35. The Balaban J connectivity index is 1.37. The number of amides is 1. The number of nitrogens with two attached hydrogens (primary N) is 1. The SMILES string of the molecule is CC(C)CC(=O)N1CCC(N2CCC(N[C@H]3CCCC[C@@H]3N)CC2)CC1. The summed E-state index contributed by atoms with van der Waals surface area (Å²) in [5.41, 5.74) is 6.30. The van der Waals surface area contributed by atoms with Crippen LogP contribution >= 0.6 is 0 Å². The molecular weight excluding hydrogens is 324 g/mol. The highest BCUT2D eigenvalue weighted by Gasteiger charge is 2.31. The zero-order chi connectivity index (χ0) is 18.5. The Labute approximate surface area is 160 Å². The van der Waals surface area contributed by atoms with Crippen LogP contribution in [-0.4, -0.2) is 66.1 Å². The lowest BCUT2D eigenvalue weighted by Gasteiger charge is -2.43. The van der Waals surface area contributed by atoms with E-state index in [0.717, 1.165) is 25.9 Å². The predicted molar refractivity (Wildman–Crippen MR) is 107 cm³/mol. The summed E-state index contributed by atoms with van der Waals surface area (Å²) in [7, 11) is 0. The highest BCUT2D eigenvalue weighted by molar-refractivity contribution is 5.76. The summed E-state index contributed by atoms with van der Waals surface area (Å²) >= 11 is 0. The van der Waals surface area contributed by atoms with Gasteiger partial charge < -0.3 is 20.9 Å². The first-order valence-corrected chi connectivity index (χ1v) is 11.1. The number of hydrogen-bond acceptors (Lipinski definition) is 4. The molecule has 1 saturated carbocycles. The van der Waals surface area contributed by atoms with Crippen LogP contribution in [0.2, 0.25) is 0 Å². The Morgan fingerprint density at radius 2 is 1.65 bits per heavy atom. The van der Waals surface area contributed by atoms with Crippen molar-refractivity contribution in [3.05, 3.63) is 0 Å². The van der Waals surface area contributed by atoms with Gasteiger partial charge in [0, 0.05) is 43.7 Å². The summed E-state index contributed by atoms with van der Waals surface area (Å²) in [6.07, 6.45) is 10.6. The van der Waals surface area contributed by atoms with Crippen molar-refractivity contribution in [2.75, 3.05) is 26.2 Å². The molecule has 0 aromatic heterocycles. The minimum absolute atomic E-state index is 0.352. The number of nitrogens with one attached hydrogen (secondary N) is 1. The lowest BCUT2D eigenvalue weighted by atomic mass is 9.89. The molecule has 1 amide bonds. The second-order valence-electron chi connectivity index (χ2n) is 9.24. The van der Waals surface area contributed by atoms with E-state index in [-0.39, 0.29) is 0 Å². The smallest absolute Gasteiger partial charge is 0.222 e. The van der Waals surface area contributed by atoms with Crippen molar-refractivity contribution < 1.29 is 4.79 Å². The van der Waals surface area contributed by atoms with Crippen molar-refractivity contribution in [1.82, 2.24) is 15.1 Å². The summed E-state index contributed by atoms with van der Waals surface area (Å²) in [5, 5.41) is 3.87. The molecule has 2 saturated heterocycles. The van der Waals surface area contributed by atoms with Crippen LogP contribution < -0.4 is 11.1 Å². The standard InChI is InChI=1S/C21H40N4O/c1-16(2)15-21(26)25-13-9-18(10-14-25)24-11-7-17(8-12-24)23-20-6-4-3-5-19(20)22/h16-20,23H,3-15,22H2,1-2H3/t19-,20-/m0/s1. The van der Waals surface area contributed by atoms with Crippen LogP contribution in [-0.2, 0) is 4.79 Å². The van der Waals surface area contributed by atoms with E-state index in [0.29, 0.717) is 42.4 Å². The quantitative estimate of drug-likeness (QED) is 0.786. The molecule has 3 rings (SSSR count). The summed E-state index contributed by atoms with van der Waals surface area (Å²) in [6.45, 7) is 8.55. The van der Waals surface area contributed by atoms with Crippen molar-refractivity contribution in [3.8, 4) is 0 Å². The third kappa shape index (κ3) is 5.43. The summed E-state index contributed by atoms with van der Waals surface area (Å²) in [4.78, 5) is 17.0. The fourth-order valence-corrected chi connectivity index (χ4v) is 5.06. The zero-order valence-corrected chi connectivity index (χ0v) is 17.0. The van der Waals surface area contributed by atoms with E-state index in [1.165, 1.54) is 51.6 Å². The summed E-state index contributed by atoms with van der Waals surface area (Å²) in [6, 6.07) is 2.22. The first-order valence-electron chi connectivity index (χ1n) is 11.1. The molecule has 1 aliphatic carbocycles. The summed E-state index contributed by atoms with van der Waals surface area (Å²) < 4.78 is 0. The maximum absolute atomic E-state index is 12.2. The number of carbonyl (C=O) groups excluding carboxylic acids is 1. The first kappa shape index (κ1) is 20.1. The molecule has 0 aromatic rings. The molecular formula is C21H40N4O. The van der Waals surface area contributed by atoms with E-state index >= 15 is 0 Å². The van der Waals surface area contributed by atoms with Crippen molar-refractivity contribution >= 4 is 5.91 Å². The molecule has 2 heterocycles. The van der Waals surface area contributed by atoms with Gasteiger partial charge in [0.1, 0.15) is 0 Å². The maximum atomic E-state index is 12.2. The lowest BCUT2D eigenvalue weighted by molar-refractivity contribution is -0.133. The molecule has 0 unspecified atom stereocenters. The van der Waals surface area contributed by atoms with E-state index in [9.17, 15) is 4.79 Å². The van der Waals surface area contributed by atoms with Gasteiger partial charge in [0.25, 0.3) is 0 Å². The lowest BCUT2D eigenvalue weighted by Crippen LogP contribution is -2.55. The molecule has 150 valence electrons. The Hall–Kier alpha value is -0.650. The monoisotopic (exact) mass is 364 g/mol. The Morgan fingerprint density at radius 1 is 1.00 bits per heavy atom. The van der Waals surface area contributed by atoms with E-state index in [1.54, 1.807) is 0 Å². The van der Waals surface area contributed by atoms with Crippen LogP contribution in [0.15, 0.2) is 0 Å². The molecule has 5 nitrogen and oxygen atoms in total. The van der Waals surface area contributed by atoms with E-state index in [4.69, 9.17) is 5.73 Å². The zero-order valence-electron chi connectivity index (χ0n) is 17.0. The van der Waals surface area contributed by atoms with Gasteiger partial charge in [-0.2, -0.15) is 0 Å². The molecule has 26 heavy (non-hydrogen) atoms. The Morgan fingerprint density at radius 3 is 2.27 bits per heavy atom. The molecule has 3 N–H and O–H groups in total. The van der Waals surface area contributed by atoms with E-state index in [1.807, 2.05) is 0 Å². The fourth-order valence-electron chi connectivity index (χ4n) is 5.06. The maximum Gasteiger partial charge on any atom is 0.222 e. The van der Waals surface area contributed by atoms with Crippen molar-refractivity contribution in [2.45, 2.75) is 95.8 Å². The Bertz CT molecular complexity index is 439. The van der Waals surface area contributed by atoms with Gasteiger partial charge in [0.15, 0.2) is 0 Å². The highest BCUT2D eigenvalue weighted by Crippen LogP contribution is 2.24. The largest absolute Gasteiger partial charge is 0.343 e. The van der Waals surface area contributed by atoms with Gasteiger partial charge in [-0.3, -0.25) is 4.79 Å². The summed E-state index contributed by atoms with van der Waals surface area (Å²) in [5.74, 6) is 0.814. The normalized spacial score (nSPS) is 30.1. The van der Waals surface area contributed by atoms with Gasteiger partial charge in [-0.1, -0.05) is 26.7 Å². The molecule has 0 spiro atoms. The van der Waals surface area contributed by atoms with Crippen molar-refractivity contribution in [2.24, 2.45) is 11.7 Å². The van der Waals surface area contributed by atoms with Crippen LogP contribution in [0.1, 0.15) is 71.6 Å². The minimum atomic E-state index is 0.352. The molecule has 2 aliphatic heterocycles. The topological polar surface area (TPSA) is 61.6 Å². The van der Waals surface area contributed by atoms with Gasteiger partial charge in [-0.25, -0.2) is 0 Å². The molecule has 2 atom stereocenters. The van der Waals surface area contributed by atoms with E-state index in [2.05, 4.69) is 29.0 Å². The molecule has 5 heteroatoms. The van der Waals surface area contributed by atoms with Gasteiger partial charge in [0.05, 0.1) is 0 Å². The average molecular weight is 365 g/mol. The number of piperidine rings is 2. The molecule has 3 aliphatic rings. The van der Waals surface area contributed by atoms with Crippen LogP contribution in [0, 0.1) is 5.92 Å². The minimum Gasteiger partial charge on any atom is -0.343 e. The van der Waals surface area contributed by atoms with Gasteiger partial charge in [0.2, 0.25) is 5.91 Å². The van der Waals surface area contributed by atoms with Gasteiger partial charge >= 0.3 is 0 Å². The molecule has 0 aromatic carbocycles. The average Bonchev–Trinajstić information content (AvgIpc) is 2.64. The van der Waals surface area contributed by atoms with Crippen LogP contribution in [0.25, 0.3) is 0 Å². The van der Waals surface area contributed by atoms with Gasteiger partial charge in [-0.15, -0.1) is 0 Å².